The Kier molecular flexibility index (Phi) is 21.2. The highest BCUT2D eigenvalue weighted by atomic mass is 32.1. The maximum absolute atomic E-state index is 5.87. The summed E-state index contributed by atoms with van der Waals surface area (Å²) in [5.74, 6) is 1.79. The molecule has 10 heteroatoms. The molecule has 15 aromatic carbocycles. The molecule has 1 N–H and O–H groups in total. The minimum absolute atomic E-state index is 0.685. The molecule has 7 nitrogen and oxygen atoms in total. The van der Waals surface area contributed by atoms with Gasteiger partial charge in [-0.1, -0.05) is 264 Å². The number of furan rings is 1. The predicted molar refractivity (Wildman–Crippen MR) is 467 cm³/mol. The molecular formula is C100H78N5O2S3+. The Labute approximate surface area is 652 Å². The van der Waals surface area contributed by atoms with E-state index in [1.165, 1.54) is 118 Å². The summed E-state index contributed by atoms with van der Waals surface area (Å²) in [5.41, 5.74) is 26.6. The zero-order valence-corrected chi connectivity index (χ0v) is 64.3. The highest BCUT2D eigenvalue weighted by Crippen LogP contribution is 2.38. The topological polar surface area (TPSA) is 84.6 Å². The van der Waals surface area contributed by atoms with Crippen LogP contribution in [0.3, 0.4) is 0 Å². The summed E-state index contributed by atoms with van der Waals surface area (Å²) < 4.78 is 19.1. The summed E-state index contributed by atoms with van der Waals surface area (Å²) in [6, 6.07) is 124. The second-order valence-corrected chi connectivity index (χ2v) is 30.6. The van der Waals surface area contributed by atoms with Crippen molar-refractivity contribution in [1.29, 1.82) is 0 Å². The number of H-pyrrole nitrogens is 1. The summed E-state index contributed by atoms with van der Waals surface area (Å²) in [4.78, 5) is 17.3. The summed E-state index contributed by atoms with van der Waals surface area (Å²) >= 11 is 5.36. The molecule has 21 aromatic rings. The quantitative estimate of drug-likeness (QED) is 0.161. The van der Waals surface area contributed by atoms with Gasteiger partial charge in [-0.15, -0.1) is 34.0 Å². The average Bonchev–Trinajstić information content (AvgIpc) is 1.63. The summed E-state index contributed by atoms with van der Waals surface area (Å²) in [7, 11) is 0. The number of hydrogen-bond donors (Lipinski definition) is 1. The molecule has 0 fully saturated rings. The molecule has 0 radical (unpaired) electrons. The maximum Gasteiger partial charge on any atom is 0.292 e. The van der Waals surface area contributed by atoms with E-state index in [1.54, 1.807) is 22.7 Å². The number of rotatable bonds is 7. The third kappa shape index (κ3) is 16.3. The van der Waals surface area contributed by atoms with E-state index in [9.17, 15) is 0 Å². The van der Waals surface area contributed by atoms with Crippen molar-refractivity contribution in [3.05, 3.63) is 391 Å². The zero-order chi connectivity index (χ0) is 74.9. The van der Waals surface area contributed by atoms with Gasteiger partial charge in [-0.25, -0.2) is 19.9 Å². The summed E-state index contributed by atoms with van der Waals surface area (Å²) in [6.45, 7) is 12.7. The van der Waals surface area contributed by atoms with Gasteiger partial charge in [0.1, 0.15) is 32.4 Å². The normalized spacial score (nSPS) is 11.0. The number of aromatic nitrogens is 5. The van der Waals surface area contributed by atoms with Crippen molar-refractivity contribution in [1.82, 2.24) is 19.9 Å². The van der Waals surface area contributed by atoms with E-state index < -0.39 is 0 Å². The minimum atomic E-state index is 0.685. The lowest BCUT2D eigenvalue weighted by atomic mass is 10.0. The molecule has 532 valence electrons. The molecule has 0 bridgehead atoms. The molecular weight excluding hydrogens is 1400 g/mol. The molecule has 0 spiro atoms. The second-order valence-electron chi connectivity index (χ2n) is 27.5. The molecule has 0 atom stereocenters. The Bertz CT molecular complexity index is 6400. The van der Waals surface area contributed by atoms with Crippen LogP contribution in [0.4, 0.5) is 0 Å². The number of thiophene rings is 1. The van der Waals surface area contributed by atoms with Gasteiger partial charge in [0, 0.05) is 47.6 Å². The lowest BCUT2D eigenvalue weighted by molar-refractivity contribution is -0.554. The first kappa shape index (κ1) is 71.3. The first-order valence-corrected chi connectivity index (χ1v) is 39.3. The van der Waals surface area contributed by atoms with E-state index in [2.05, 4.69) is 357 Å². The van der Waals surface area contributed by atoms with E-state index >= 15 is 0 Å². The highest BCUT2D eigenvalue weighted by Gasteiger charge is 2.22. The Morgan fingerprint density at radius 2 is 0.709 bits per heavy atom. The van der Waals surface area contributed by atoms with E-state index in [1.807, 2.05) is 78.1 Å². The molecule has 6 heterocycles. The molecule has 0 aliphatic carbocycles. The van der Waals surface area contributed by atoms with Crippen LogP contribution >= 0.6 is 34.0 Å². The number of nitrogens with zero attached hydrogens (tertiary/aromatic N) is 4. The smallest absolute Gasteiger partial charge is 0.292 e. The van der Waals surface area contributed by atoms with Crippen molar-refractivity contribution in [2.75, 3.05) is 0 Å². The van der Waals surface area contributed by atoms with Gasteiger partial charge in [-0.2, -0.15) is 4.57 Å². The number of fused-ring (bicyclic) bond motifs is 10. The van der Waals surface area contributed by atoms with Crippen molar-refractivity contribution < 1.29 is 13.4 Å². The molecule has 6 aromatic heterocycles. The number of thiazole rings is 2. The van der Waals surface area contributed by atoms with Gasteiger partial charge in [0.05, 0.1) is 26.0 Å². The van der Waals surface area contributed by atoms with Crippen LogP contribution in [-0.4, -0.2) is 19.9 Å². The first-order valence-electron chi connectivity index (χ1n) is 36.8. The van der Waals surface area contributed by atoms with Crippen LogP contribution in [0.15, 0.2) is 367 Å². The van der Waals surface area contributed by atoms with Crippen LogP contribution in [0.5, 0.6) is 0 Å². The number of imidazole rings is 1. The number of aromatic amines is 1. The SMILES string of the molecule is Cc1ccc(-c2nc3ccccc3s2)cc1.Cc1cccc(-c2[nH]c3ccccc3[n+]2-c2ccccc2)c1.Cc1cccc(-c2ccc3oc4ccccc4c3c2)c1.Cc1cccc(-c2ccc3sc4ccccc4c3c2)c1.Cc1cccc(-c2nc3ccccc3o2)c1.Cc1cccc(-c2nc3ccccc3s2)c1. The number of hydrogen-bond acceptors (Lipinski definition) is 8. The molecule has 0 saturated carbocycles. The molecule has 110 heavy (non-hydrogen) atoms. The average molecular weight is 1480 g/mol. The van der Waals surface area contributed by atoms with E-state index in [0.29, 0.717) is 5.89 Å². The van der Waals surface area contributed by atoms with Gasteiger partial charge in [-0.05, 0) is 191 Å². The van der Waals surface area contributed by atoms with Gasteiger partial charge in [0.2, 0.25) is 5.89 Å². The maximum atomic E-state index is 5.87. The molecule has 0 unspecified atom stereocenters. The monoisotopic (exact) mass is 1480 g/mol. The number of oxazole rings is 1. The van der Waals surface area contributed by atoms with Gasteiger partial charge in [0.15, 0.2) is 16.6 Å². The van der Waals surface area contributed by atoms with Crippen LogP contribution in [-0.2, 0) is 0 Å². The third-order valence-corrected chi connectivity index (χ3v) is 22.4. The van der Waals surface area contributed by atoms with Crippen LogP contribution in [0, 0.1) is 41.5 Å². The Hall–Kier alpha value is -13.0. The van der Waals surface area contributed by atoms with Crippen LogP contribution < -0.4 is 4.57 Å². The van der Waals surface area contributed by atoms with Crippen LogP contribution in [0.25, 0.3) is 157 Å². The summed E-state index contributed by atoms with van der Waals surface area (Å²) in [6.07, 6.45) is 0. The number of para-hydroxylation sites is 8. The number of aryl methyl sites for hydroxylation is 6. The number of nitrogens with one attached hydrogen (secondary N) is 1. The minimum Gasteiger partial charge on any atom is -0.456 e. The van der Waals surface area contributed by atoms with Crippen LogP contribution in [0.2, 0.25) is 0 Å². The van der Waals surface area contributed by atoms with Gasteiger partial charge >= 0.3 is 0 Å². The number of benzene rings is 15. The van der Waals surface area contributed by atoms with E-state index in [-0.39, 0.29) is 0 Å². The van der Waals surface area contributed by atoms with Crippen molar-refractivity contribution in [3.63, 3.8) is 0 Å². The van der Waals surface area contributed by atoms with Crippen molar-refractivity contribution >= 4 is 119 Å². The van der Waals surface area contributed by atoms with Crippen molar-refractivity contribution in [2.24, 2.45) is 0 Å². The first-order chi connectivity index (χ1) is 53.9. The molecule has 0 saturated heterocycles. The lowest BCUT2D eigenvalue weighted by Crippen LogP contribution is -2.31. The van der Waals surface area contributed by atoms with Gasteiger partial charge in [-0.3, -0.25) is 0 Å². The molecule has 21 rings (SSSR count). The predicted octanol–water partition coefficient (Wildman–Crippen LogP) is 28.4. The largest absolute Gasteiger partial charge is 0.456 e. The zero-order valence-electron chi connectivity index (χ0n) is 61.9. The van der Waals surface area contributed by atoms with Gasteiger partial charge < -0.3 is 8.83 Å². The molecule has 0 amide bonds. The second kappa shape index (κ2) is 32.6. The fourth-order valence-corrected chi connectivity index (χ4v) is 16.6. The lowest BCUT2D eigenvalue weighted by Gasteiger charge is -2.03. The summed E-state index contributed by atoms with van der Waals surface area (Å²) in [5, 5.41) is 7.29. The standard InChI is InChI=1S/C20H16N2.C19H14O.C19H14S.C14H11NO.2C14H11NS/c1-15-8-7-9-16(14-15)20-21-18-12-5-6-13-19(18)22(20)17-10-3-2-4-11-17;2*1-13-5-4-6-14(11-13)15-9-10-19-17(12-15)16-7-2-3-8-18(16)20-19;2*1-10-5-4-6-11(9-10)14-15-12-7-2-3-8-13(12)16-14;1-10-6-8-11(9-7-10)14-15-12-4-2-3-5-13(12)16-14/h2-14H,1H3;2*2-12H,1H3;3*2-9H,1H3/p+1. The van der Waals surface area contributed by atoms with Crippen LogP contribution in [0.1, 0.15) is 33.4 Å². The van der Waals surface area contributed by atoms with Gasteiger partial charge in [0.25, 0.3) is 5.82 Å². The Morgan fingerprint density at radius 1 is 0.264 bits per heavy atom. The molecule has 0 aliphatic rings. The molecule has 0 aliphatic heterocycles. The third-order valence-electron chi connectivity index (χ3n) is 19.1. The van der Waals surface area contributed by atoms with Crippen molar-refractivity contribution in [3.8, 4) is 71.9 Å². The Morgan fingerprint density at radius 3 is 1.34 bits per heavy atom. The Balaban J connectivity index is 0.000000101. The van der Waals surface area contributed by atoms with E-state index in [4.69, 9.17) is 8.83 Å². The fraction of sp³-hybridized carbons (Fsp3) is 0.0600. The highest BCUT2D eigenvalue weighted by molar-refractivity contribution is 7.25. The van der Waals surface area contributed by atoms with Crippen molar-refractivity contribution in [2.45, 2.75) is 41.5 Å². The fourth-order valence-electron chi connectivity index (χ4n) is 13.6. The van der Waals surface area contributed by atoms with E-state index in [0.717, 1.165) is 65.9 Å².